The third kappa shape index (κ3) is 2.65. The number of nitrogens with two attached hydrogens (primary N) is 1. The van der Waals surface area contributed by atoms with Crippen LogP contribution in [0.25, 0.3) is 0 Å². The Morgan fingerprint density at radius 2 is 1.28 bits per heavy atom. The summed E-state index contributed by atoms with van der Waals surface area (Å²) in [6, 6.07) is 16.6. The summed E-state index contributed by atoms with van der Waals surface area (Å²) in [4.78, 5) is 2.16. The van der Waals surface area contributed by atoms with Crippen molar-refractivity contribution in [2.24, 2.45) is 0 Å². The van der Waals surface area contributed by atoms with Gasteiger partial charge in [-0.25, -0.2) is 0 Å². The van der Waals surface area contributed by atoms with Crippen LogP contribution in [-0.2, 0) is 0 Å². The van der Waals surface area contributed by atoms with E-state index < -0.39 is 0 Å². The zero-order valence-electron chi connectivity index (χ0n) is 11.2. The molecule has 0 heterocycles. The lowest BCUT2D eigenvalue weighted by Crippen LogP contribution is -2.09. The third-order valence-electron chi connectivity index (χ3n) is 3.23. The summed E-state index contributed by atoms with van der Waals surface area (Å²) >= 11 is 0. The first-order chi connectivity index (χ1) is 8.58. The molecule has 0 aliphatic heterocycles. The number of rotatable bonds is 3. The Hall–Kier alpha value is -1.96. The summed E-state index contributed by atoms with van der Waals surface area (Å²) in [6.07, 6.45) is 0. The monoisotopic (exact) mass is 240 g/mol. The van der Waals surface area contributed by atoms with Crippen molar-refractivity contribution in [3.8, 4) is 0 Å². The average molecular weight is 240 g/mol. The van der Waals surface area contributed by atoms with Crippen LogP contribution in [0.1, 0.15) is 25.3 Å². The molecule has 2 aromatic carbocycles. The molecule has 0 unspecified atom stereocenters. The van der Waals surface area contributed by atoms with E-state index in [2.05, 4.69) is 50.1 Å². The van der Waals surface area contributed by atoms with Crippen molar-refractivity contribution in [3.63, 3.8) is 0 Å². The maximum absolute atomic E-state index is 5.70. The maximum atomic E-state index is 5.70. The van der Waals surface area contributed by atoms with Crippen LogP contribution in [0.4, 0.5) is 17.1 Å². The van der Waals surface area contributed by atoms with E-state index in [-0.39, 0.29) is 0 Å². The fraction of sp³-hybridized carbons (Fsp3) is 0.250. The first-order valence-corrected chi connectivity index (χ1v) is 6.27. The first kappa shape index (κ1) is 12.5. The number of anilines is 3. The molecule has 0 amide bonds. The van der Waals surface area contributed by atoms with Gasteiger partial charge in [0.2, 0.25) is 0 Å². The lowest BCUT2D eigenvalue weighted by atomic mass is 10.0. The standard InChI is InChI=1S/C16H20N2/c1-12(2)13-4-8-15(9-5-13)18(3)16-10-6-14(17)7-11-16/h4-12H,17H2,1-3H3. The normalized spacial score (nSPS) is 10.7. The van der Waals surface area contributed by atoms with Gasteiger partial charge in [-0.2, -0.15) is 0 Å². The molecule has 2 nitrogen and oxygen atoms in total. The molecule has 0 atom stereocenters. The topological polar surface area (TPSA) is 29.3 Å². The molecule has 2 rings (SSSR count). The number of hydrogen-bond donors (Lipinski definition) is 1. The zero-order valence-corrected chi connectivity index (χ0v) is 11.2. The Morgan fingerprint density at radius 1 is 0.833 bits per heavy atom. The zero-order chi connectivity index (χ0) is 13.1. The molecular weight excluding hydrogens is 220 g/mol. The average Bonchev–Trinajstić information content (AvgIpc) is 2.39. The molecule has 0 saturated carbocycles. The quantitative estimate of drug-likeness (QED) is 0.816. The van der Waals surface area contributed by atoms with E-state index in [1.54, 1.807) is 0 Å². The molecule has 0 bridgehead atoms. The summed E-state index contributed by atoms with van der Waals surface area (Å²) in [5.74, 6) is 0.570. The SMILES string of the molecule is CC(C)c1ccc(N(C)c2ccc(N)cc2)cc1. The second-order valence-corrected chi connectivity index (χ2v) is 4.90. The van der Waals surface area contributed by atoms with Crippen molar-refractivity contribution in [3.05, 3.63) is 54.1 Å². The van der Waals surface area contributed by atoms with Crippen molar-refractivity contribution in [2.75, 3.05) is 17.7 Å². The molecule has 0 saturated heterocycles. The molecule has 0 aliphatic rings. The Labute approximate surface area is 109 Å². The van der Waals surface area contributed by atoms with Crippen LogP contribution in [0.5, 0.6) is 0 Å². The molecule has 94 valence electrons. The smallest absolute Gasteiger partial charge is 0.0409 e. The van der Waals surface area contributed by atoms with Gasteiger partial charge >= 0.3 is 0 Å². The van der Waals surface area contributed by atoms with Crippen LogP contribution in [0.2, 0.25) is 0 Å². The fourth-order valence-electron chi connectivity index (χ4n) is 1.93. The second-order valence-electron chi connectivity index (χ2n) is 4.90. The lowest BCUT2D eigenvalue weighted by Gasteiger charge is -2.20. The van der Waals surface area contributed by atoms with Gasteiger partial charge in [0.15, 0.2) is 0 Å². The summed E-state index contributed by atoms with van der Waals surface area (Å²) in [5.41, 5.74) is 10.2. The largest absolute Gasteiger partial charge is 0.399 e. The lowest BCUT2D eigenvalue weighted by molar-refractivity contribution is 0.866. The predicted octanol–water partition coefficient (Wildman–Crippen LogP) is 4.16. The molecule has 18 heavy (non-hydrogen) atoms. The van der Waals surface area contributed by atoms with Gasteiger partial charge in [0.1, 0.15) is 0 Å². The fourth-order valence-corrected chi connectivity index (χ4v) is 1.93. The maximum Gasteiger partial charge on any atom is 0.0409 e. The van der Waals surface area contributed by atoms with E-state index in [0.29, 0.717) is 5.92 Å². The summed E-state index contributed by atoms with van der Waals surface area (Å²) in [5, 5.41) is 0. The molecular formula is C16H20N2. The van der Waals surface area contributed by atoms with Crippen molar-refractivity contribution < 1.29 is 0 Å². The molecule has 2 aromatic rings. The highest BCUT2D eigenvalue weighted by Gasteiger charge is 2.04. The molecule has 0 aliphatic carbocycles. The van der Waals surface area contributed by atoms with E-state index in [4.69, 9.17) is 5.73 Å². The Kier molecular flexibility index (Phi) is 3.56. The number of benzene rings is 2. The van der Waals surface area contributed by atoms with Crippen molar-refractivity contribution in [1.82, 2.24) is 0 Å². The Bertz CT molecular complexity index is 498. The van der Waals surface area contributed by atoms with Crippen LogP contribution < -0.4 is 10.6 Å². The summed E-state index contributed by atoms with van der Waals surface area (Å²) in [7, 11) is 2.07. The molecule has 0 fully saturated rings. The molecule has 2 heteroatoms. The second kappa shape index (κ2) is 5.13. The van der Waals surface area contributed by atoms with E-state index >= 15 is 0 Å². The number of hydrogen-bond acceptors (Lipinski definition) is 2. The van der Waals surface area contributed by atoms with Gasteiger partial charge in [0, 0.05) is 24.1 Å². The van der Waals surface area contributed by atoms with Crippen LogP contribution in [0, 0.1) is 0 Å². The van der Waals surface area contributed by atoms with Crippen molar-refractivity contribution in [2.45, 2.75) is 19.8 Å². The van der Waals surface area contributed by atoms with E-state index in [1.807, 2.05) is 24.3 Å². The number of nitrogen functional groups attached to an aromatic ring is 1. The van der Waals surface area contributed by atoms with Crippen LogP contribution in [0.3, 0.4) is 0 Å². The Morgan fingerprint density at radius 3 is 1.72 bits per heavy atom. The summed E-state index contributed by atoms with van der Waals surface area (Å²) < 4.78 is 0. The Balaban J connectivity index is 2.23. The predicted molar refractivity (Wildman–Crippen MR) is 79.4 cm³/mol. The van der Waals surface area contributed by atoms with Crippen molar-refractivity contribution >= 4 is 17.1 Å². The van der Waals surface area contributed by atoms with E-state index in [0.717, 1.165) is 11.4 Å². The minimum atomic E-state index is 0.570. The summed E-state index contributed by atoms with van der Waals surface area (Å²) in [6.45, 7) is 4.41. The molecule has 0 radical (unpaired) electrons. The third-order valence-corrected chi connectivity index (χ3v) is 3.23. The highest BCUT2D eigenvalue weighted by atomic mass is 15.1. The minimum absolute atomic E-state index is 0.570. The molecule has 2 N–H and O–H groups in total. The molecule has 0 spiro atoms. The van der Waals surface area contributed by atoms with Gasteiger partial charge in [-0.05, 0) is 47.9 Å². The van der Waals surface area contributed by atoms with Gasteiger partial charge in [-0.1, -0.05) is 26.0 Å². The first-order valence-electron chi connectivity index (χ1n) is 6.27. The van der Waals surface area contributed by atoms with E-state index in [9.17, 15) is 0 Å². The van der Waals surface area contributed by atoms with Gasteiger partial charge in [-0.3, -0.25) is 0 Å². The van der Waals surface area contributed by atoms with E-state index in [1.165, 1.54) is 11.3 Å². The minimum Gasteiger partial charge on any atom is -0.399 e. The number of nitrogens with zero attached hydrogens (tertiary/aromatic N) is 1. The van der Waals surface area contributed by atoms with Gasteiger partial charge < -0.3 is 10.6 Å². The van der Waals surface area contributed by atoms with Crippen LogP contribution >= 0.6 is 0 Å². The van der Waals surface area contributed by atoms with Gasteiger partial charge in [0.25, 0.3) is 0 Å². The van der Waals surface area contributed by atoms with Crippen LogP contribution in [-0.4, -0.2) is 7.05 Å². The molecule has 0 aromatic heterocycles. The highest BCUT2D eigenvalue weighted by Crippen LogP contribution is 2.25. The van der Waals surface area contributed by atoms with Crippen molar-refractivity contribution in [1.29, 1.82) is 0 Å². The highest BCUT2D eigenvalue weighted by molar-refractivity contribution is 5.64. The van der Waals surface area contributed by atoms with Crippen LogP contribution in [0.15, 0.2) is 48.5 Å². The van der Waals surface area contributed by atoms with Gasteiger partial charge in [-0.15, -0.1) is 0 Å². The van der Waals surface area contributed by atoms with Gasteiger partial charge in [0.05, 0.1) is 0 Å².